The monoisotopic (exact) mass is 287 g/mol. The smallest absolute Gasteiger partial charge is 0.221 e. The van der Waals surface area contributed by atoms with Gasteiger partial charge < -0.3 is 9.64 Å². The van der Waals surface area contributed by atoms with Crippen molar-refractivity contribution in [3.05, 3.63) is 11.9 Å². The van der Waals surface area contributed by atoms with Crippen molar-refractivity contribution in [2.45, 2.75) is 20.3 Å². The number of aromatic nitrogens is 2. The molecule has 0 aliphatic heterocycles. The number of anilines is 1. The Morgan fingerprint density at radius 3 is 2.75 bits per heavy atom. The highest BCUT2D eigenvalue weighted by molar-refractivity contribution is 9.09. The fourth-order valence-electron chi connectivity index (χ4n) is 1.61. The molecule has 1 heterocycles. The molecule has 0 aromatic carbocycles. The summed E-state index contributed by atoms with van der Waals surface area (Å²) < 4.78 is 5.20. The van der Waals surface area contributed by atoms with Gasteiger partial charge in [0.05, 0.1) is 12.7 Å². The predicted molar refractivity (Wildman–Crippen MR) is 69.6 cm³/mol. The van der Waals surface area contributed by atoms with Crippen LogP contribution in [0.4, 0.5) is 5.82 Å². The Morgan fingerprint density at radius 1 is 1.44 bits per heavy atom. The zero-order chi connectivity index (χ0) is 12.0. The maximum absolute atomic E-state index is 5.20. The molecule has 0 N–H and O–H groups in total. The molecule has 1 rings (SSSR count). The number of hydrogen-bond donors (Lipinski definition) is 0. The van der Waals surface area contributed by atoms with Crippen molar-refractivity contribution in [3.63, 3.8) is 0 Å². The number of methoxy groups -OCH3 is 1. The Morgan fingerprint density at radius 2 is 2.19 bits per heavy atom. The molecule has 0 aliphatic carbocycles. The van der Waals surface area contributed by atoms with Crippen LogP contribution in [0.15, 0.2) is 6.33 Å². The van der Waals surface area contributed by atoms with Crippen molar-refractivity contribution in [3.8, 4) is 5.88 Å². The second-order valence-corrected chi connectivity index (χ2v) is 4.25. The van der Waals surface area contributed by atoms with Crippen LogP contribution in [0.3, 0.4) is 0 Å². The lowest BCUT2D eigenvalue weighted by Gasteiger charge is -2.23. The summed E-state index contributed by atoms with van der Waals surface area (Å²) in [5, 5.41) is 1.00. The molecule has 0 radical (unpaired) electrons. The van der Waals surface area contributed by atoms with Gasteiger partial charge in [0.15, 0.2) is 0 Å². The summed E-state index contributed by atoms with van der Waals surface area (Å²) in [5.41, 5.74) is 1.00. The fourth-order valence-corrected chi connectivity index (χ4v) is 1.87. The van der Waals surface area contributed by atoms with E-state index in [0.717, 1.165) is 36.2 Å². The molecule has 0 bridgehead atoms. The summed E-state index contributed by atoms with van der Waals surface area (Å²) in [6, 6.07) is 0. The minimum Gasteiger partial charge on any atom is -0.481 e. The third kappa shape index (κ3) is 3.07. The van der Waals surface area contributed by atoms with E-state index in [2.05, 4.69) is 37.7 Å². The van der Waals surface area contributed by atoms with Gasteiger partial charge in [0.2, 0.25) is 5.88 Å². The zero-order valence-corrected chi connectivity index (χ0v) is 11.6. The molecule has 0 atom stereocenters. The van der Waals surface area contributed by atoms with Gasteiger partial charge >= 0.3 is 0 Å². The quantitative estimate of drug-likeness (QED) is 0.753. The van der Waals surface area contributed by atoms with Crippen LogP contribution in [0.2, 0.25) is 0 Å². The maximum atomic E-state index is 5.20. The molecular weight excluding hydrogens is 270 g/mol. The molecule has 1 aromatic heterocycles. The molecule has 0 saturated carbocycles. The second kappa shape index (κ2) is 6.68. The van der Waals surface area contributed by atoms with Gasteiger partial charge in [0.25, 0.3) is 0 Å². The topological polar surface area (TPSA) is 38.2 Å². The number of ether oxygens (including phenoxy) is 1. The van der Waals surface area contributed by atoms with Crippen molar-refractivity contribution in [1.82, 2.24) is 9.97 Å². The van der Waals surface area contributed by atoms with Crippen LogP contribution in [0.1, 0.15) is 18.9 Å². The van der Waals surface area contributed by atoms with Crippen LogP contribution in [0, 0.1) is 6.92 Å². The Bertz CT molecular complexity index is 333. The van der Waals surface area contributed by atoms with E-state index < -0.39 is 0 Å². The molecule has 1 aromatic rings. The summed E-state index contributed by atoms with van der Waals surface area (Å²) in [7, 11) is 1.63. The molecular formula is C11H18BrN3O. The van der Waals surface area contributed by atoms with E-state index >= 15 is 0 Å². The highest BCUT2D eigenvalue weighted by atomic mass is 79.9. The van der Waals surface area contributed by atoms with Gasteiger partial charge in [-0.05, 0) is 20.3 Å². The minimum absolute atomic E-state index is 0.655. The first-order valence-corrected chi connectivity index (χ1v) is 6.53. The van der Waals surface area contributed by atoms with Crippen molar-refractivity contribution in [1.29, 1.82) is 0 Å². The van der Waals surface area contributed by atoms with Crippen molar-refractivity contribution >= 4 is 21.7 Å². The van der Waals surface area contributed by atoms with E-state index in [4.69, 9.17) is 4.74 Å². The largest absolute Gasteiger partial charge is 0.481 e. The van der Waals surface area contributed by atoms with Gasteiger partial charge in [-0.1, -0.05) is 15.9 Å². The van der Waals surface area contributed by atoms with E-state index in [1.54, 1.807) is 13.4 Å². The highest BCUT2D eigenvalue weighted by Crippen LogP contribution is 2.23. The lowest BCUT2D eigenvalue weighted by atomic mass is 10.3. The second-order valence-electron chi connectivity index (χ2n) is 3.45. The Labute approximate surface area is 105 Å². The third-order valence-electron chi connectivity index (χ3n) is 2.45. The summed E-state index contributed by atoms with van der Waals surface area (Å²) >= 11 is 3.44. The molecule has 0 saturated heterocycles. The first-order chi connectivity index (χ1) is 7.74. The van der Waals surface area contributed by atoms with E-state index in [0.29, 0.717) is 5.88 Å². The van der Waals surface area contributed by atoms with Crippen LogP contribution < -0.4 is 9.64 Å². The molecule has 5 heteroatoms. The SMILES string of the molecule is CCN(CCCBr)c1ncnc(OC)c1C. The van der Waals surface area contributed by atoms with Gasteiger partial charge in [-0.3, -0.25) is 0 Å². The fraction of sp³-hybridized carbons (Fsp3) is 0.636. The van der Waals surface area contributed by atoms with Crippen molar-refractivity contribution < 1.29 is 4.74 Å². The van der Waals surface area contributed by atoms with Gasteiger partial charge in [0, 0.05) is 18.4 Å². The summed E-state index contributed by atoms with van der Waals surface area (Å²) in [6.45, 7) is 6.05. The third-order valence-corrected chi connectivity index (χ3v) is 3.01. The number of hydrogen-bond acceptors (Lipinski definition) is 4. The number of rotatable bonds is 6. The van der Waals surface area contributed by atoms with Gasteiger partial charge in [-0.25, -0.2) is 9.97 Å². The van der Waals surface area contributed by atoms with Crippen LogP contribution >= 0.6 is 15.9 Å². The van der Waals surface area contributed by atoms with E-state index in [-0.39, 0.29) is 0 Å². The number of nitrogens with zero attached hydrogens (tertiary/aromatic N) is 3. The molecule has 16 heavy (non-hydrogen) atoms. The summed E-state index contributed by atoms with van der Waals surface area (Å²) in [5.74, 6) is 1.62. The standard InChI is InChI=1S/C11H18BrN3O/c1-4-15(7-5-6-12)10-9(2)11(16-3)14-8-13-10/h8H,4-7H2,1-3H3. The lowest BCUT2D eigenvalue weighted by Crippen LogP contribution is -2.26. The van der Waals surface area contributed by atoms with E-state index in [1.807, 2.05) is 6.92 Å². The molecule has 0 amide bonds. The van der Waals surface area contributed by atoms with Crippen molar-refractivity contribution in [2.24, 2.45) is 0 Å². The Balaban J connectivity index is 2.91. The predicted octanol–water partition coefficient (Wildman–Crippen LogP) is 2.40. The number of alkyl halides is 1. The van der Waals surface area contributed by atoms with Crippen LogP contribution in [0.5, 0.6) is 5.88 Å². The van der Waals surface area contributed by atoms with Crippen LogP contribution in [-0.4, -0.2) is 35.5 Å². The van der Waals surface area contributed by atoms with E-state index in [1.165, 1.54) is 0 Å². The van der Waals surface area contributed by atoms with Gasteiger partial charge in [-0.2, -0.15) is 0 Å². The zero-order valence-electron chi connectivity index (χ0n) is 10.0. The Hall–Kier alpha value is -0.840. The maximum Gasteiger partial charge on any atom is 0.221 e. The lowest BCUT2D eigenvalue weighted by molar-refractivity contribution is 0.393. The van der Waals surface area contributed by atoms with Crippen LogP contribution in [0.25, 0.3) is 0 Å². The number of halogens is 1. The van der Waals surface area contributed by atoms with Crippen molar-refractivity contribution in [2.75, 3.05) is 30.4 Å². The van der Waals surface area contributed by atoms with Gasteiger partial charge in [-0.15, -0.1) is 0 Å². The highest BCUT2D eigenvalue weighted by Gasteiger charge is 2.12. The first kappa shape index (κ1) is 13.2. The summed E-state index contributed by atoms with van der Waals surface area (Å²) in [4.78, 5) is 10.7. The first-order valence-electron chi connectivity index (χ1n) is 5.41. The molecule has 90 valence electrons. The average molecular weight is 288 g/mol. The van der Waals surface area contributed by atoms with Crippen LogP contribution in [-0.2, 0) is 0 Å². The average Bonchev–Trinajstić information content (AvgIpc) is 2.32. The minimum atomic E-state index is 0.655. The molecule has 0 spiro atoms. The van der Waals surface area contributed by atoms with Gasteiger partial charge in [0.1, 0.15) is 12.1 Å². The normalized spacial score (nSPS) is 10.2. The molecule has 4 nitrogen and oxygen atoms in total. The Kier molecular flexibility index (Phi) is 5.52. The summed E-state index contributed by atoms with van der Waals surface area (Å²) in [6.07, 6.45) is 2.65. The molecule has 0 aliphatic rings. The molecule has 0 fully saturated rings. The molecule has 0 unspecified atom stereocenters. The van der Waals surface area contributed by atoms with E-state index in [9.17, 15) is 0 Å².